The molecule has 9 heteroatoms. The van der Waals surface area contributed by atoms with Crippen molar-refractivity contribution in [2.45, 2.75) is 70.8 Å². The lowest BCUT2D eigenvalue weighted by molar-refractivity contribution is -0.121. The monoisotopic (exact) mass is 551 g/mol. The molecule has 2 fully saturated rings. The zero-order valence-corrected chi connectivity index (χ0v) is 23.7. The van der Waals surface area contributed by atoms with Gasteiger partial charge in [0.15, 0.2) is 17.4 Å². The first-order valence-corrected chi connectivity index (χ1v) is 14.3. The van der Waals surface area contributed by atoms with Crippen molar-refractivity contribution < 1.29 is 18.3 Å². The van der Waals surface area contributed by atoms with E-state index in [9.17, 15) is 4.79 Å². The normalized spacial score (nSPS) is 19.2. The van der Waals surface area contributed by atoms with Crippen LogP contribution in [0.5, 0.6) is 5.75 Å². The standard InChI is InChI=1S/C31H39F2N5O2/c1-4-5-21-14-26(40-3)28(33)29(27(21)32)38-18-22-16-37-25(15-24(22)31(9-10-31)30(38)39)23(19(2)34)17-36-13-8-20-6-11-35-12-7-20/h14-17,20,35H,4-13,18,34H2,1-3H3. The number of aromatic nitrogens is 1. The predicted molar refractivity (Wildman–Crippen MR) is 154 cm³/mol. The summed E-state index contributed by atoms with van der Waals surface area (Å²) in [5.41, 5.74) is 9.03. The third-order valence-electron chi connectivity index (χ3n) is 8.51. The molecule has 3 N–H and O–H groups in total. The molecule has 3 aliphatic rings. The first-order chi connectivity index (χ1) is 19.3. The van der Waals surface area contributed by atoms with Crippen molar-refractivity contribution in [1.82, 2.24) is 10.3 Å². The quantitative estimate of drug-likeness (QED) is 0.426. The first kappa shape index (κ1) is 28.2. The molecule has 1 amide bonds. The number of carbonyl (C=O) groups excluding carboxylic acids is 1. The fourth-order valence-corrected chi connectivity index (χ4v) is 6.05. The van der Waals surface area contributed by atoms with Crippen LogP contribution in [0, 0.1) is 17.6 Å². The number of anilines is 1. The Morgan fingerprint density at radius 3 is 2.67 bits per heavy atom. The molecule has 0 bridgehead atoms. The highest BCUT2D eigenvalue weighted by Gasteiger charge is 2.57. The highest BCUT2D eigenvalue weighted by atomic mass is 19.1. The summed E-state index contributed by atoms with van der Waals surface area (Å²) in [6, 6.07) is 3.31. The molecule has 5 rings (SSSR count). The third kappa shape index (κ3) is 5.23. The molecule has 2 aliphatic heterocycles. The van der Waals surface area contributed by atoms with E-state index in [1.165, 1.54) is 30.9 Å². The molecular formula is C31H39F2N5O2. The van der Waals surface area contributed by atoms with Crippen LogP contribution in [-0.2, 0) is 23.2 Å². The zero-order valence-electron chi connectivity index (χ0n) is 23.7. The number of rotatable bonds is 9. The van der Waals surface area contributed by atoms with Crippen LogP contribution in [0.3, 0.4) is 0 Å². The summed E-state index contributed by atoms with van der Waals surface area (Å²) in [5.74, 6) is -1.24. The number of benzene rings is 1. The number of nitrogens with zero attached hydrogens (tertiary/aromatic N) is 3. The van der Waals surface area contributed by atoms with Crippen LogP contribution in [0.25, 0.3) is 5.57 Å². The molecule has 1 aromatic heterocycles. The Hall–Kier alpha value is -3.33. The van der Waals surface area contributed by atoms with E-state index in [1.807, 2.05) is 19.9 Å². The van der Waals surface area contributed by atoms with Gasteiger partial charge >= 0.3 is 0 Å². The summed E-state index contributed by atoms with van der Waals surface area (Å²) in [6.07, 6.45) is 9.20. The number of amides is 1. The van der Waals surface area contributed by atoms with Gasteiger partial charge in [0.25, 0.3) is 0 Å². The van der Waals surface area contributed by atoms with Gasteiger partial charge in [-0.2, -0.15) is 0 Å². The number of aliphatic imine (C=N–C) groups is 1. The fourth-order valence-electron chi connectivity index (χ4n) is 6.05. The van der Waals surface area contributed by atoms with Gasteiger partial charge in [-0.3, -0.25) is 14.8 Å². The van der Waals surface area contributed by atoms with E-state index in [1.54, 1.807) is 12.4 Å². The van der Waals surface area contributed by atoms with Gasteiger partial charge in [-0.15, -0.1) is 0 Å². The number of piperidine rings is 1. The lowest BCUT2D eigenvalue weighted by Gasteiger charge is -2.35. The molecule has 1 aromatic carbocycles. The molecular weight excluding hydrogens is 512 g/mol. The minimum Gasteiger partial charge on any atom is -0.494 e. The smallest absolute Gasteiger partial charge is 0.238 e. The number of carbonyl (C=O) groups is 1. The molecule has 2 aromatic rings. The van der Waals surface area contributed by atoms with Gasteiger partial charge in [-0.05, 0) is 93.3 Å². The van der Waals surface area contributed by atoms with Crippen LogP contribution >= 0.6 is 0 Å². The average Bonchev–Trinajstić information content (AvgIpc) is 3.75. The van der Waals surface area contributed by atoms with Gasteiger partial charge < -0.3 is 20.7 Å². The Labute approximate surface area is 234 Å². The Kier molecular flexibility index (Phi) is 8.21. The van der Waals surface area contributed by atoms with E-state index in [-0.39, 0.29) is 23.9 Å². The highest BCUT2D eigenvalue weighted by Crippen LogP contribution is 2.54. The van der Waals surface area contributed by atoms with Crippen molar-refractivity contribution in [3.05, 3.63) is 58.0 Å². The van der Waals surface area contributed by atoms with E-state index in [2.05, 4.69) is 15.3 Å². The molecule has 0 atom stereocenters. The van der Waals surface area contributed by atoms with Crippen molar-refractivity contribution in [3.8, 4) is 5.75 Å². The van der Waals surface area contributed by atoms with Crippen LogP contribution in [0.1, 0.15) is 74.8 Å². The lowest BCUT2D eigenvalue weighted by atomic mass is 9.85. The van der Waals surface area contributed by atoms with Crippen LogP contribution < -0.4 is 20.7 Å². The zero-order chi connectivity index (χ0) is 28.4. The summed E-state index contributed by atoms with van der Waals surface area (Å²) in [5, 5.41) is 3.39. The largest absolute Gasteiger partial charge is 0.494 e. The second kappa shape index (κ2) is 11.6. The van der Waals surface area contributed by atoms with Crippen molar-refractivity contribution in [1.29, 1.82) is 0 Å². The molecule has 40 heavy (non-hydrogen) atoms. The van der Waals surface area contributed by atoms with E-state index >= 15 is 8.78 Å². The minimum atomic E-state index is -0.860. The molecule has 0 unspecified atom stereocenters. The number of halogens is 2. The Bertz CT molecular complexity index is 1340. The van der Waals surface area contributed by atoms with E-state index in [4.69, 9.17) is 10.5 Å². The summed E-state index contributed by atoms with van der Waals surface area (Å²) in [4.78, 5) is 24.5. The number of hydrogen-bond acceptors (Lipinski definition) is 6. The van der Waals surface area contributed by atoms with E-state index in [0.29, 0.717) is 48.6 Å². The second-order valence-corrected chi connectivity index (χ2v) is 11.3. The maximum absolute atomic E-state index is 15.6. The molecule has 1 saturated heterocycles. The summed E-state index contributed by atoms with van der Waals surface area (Å²) < 4.78 is 36.3. The number of nitrogens with one attached hydrogen (secondary N) is 1. The third-order valence-corrected chi connectivity index (χ3v) is 8.51. The second-order valence-electron chi connectivity index (χ2n) is 11.3. The Morgan fingerprint density at radius 2 is 2.02 bits per heavy atom. The first-order valence-electron chi connectivity index (χ1n) is 14.3. The van der Waals surface area contributed by atoms with Gasteiger partial charge in [-0.1, -0.05) is 13.3 Å². The number of pyridine rings is 1. The van der Waals surface area contributed by atoms with Gasteiger partial charge in [0, 0.05) is 30.2 Å². The van der Waals surface area contributed by atoms with Crippen LogP contribution in [0.2, 0.25) is 0 Å². The topological polar surface area (TPSA) is 92.8 Å². The molecule has 1 aliphatic carbocycles. The number of fused-ring (bicyclic) bond motifs is 2. The lowest BCUT2D eigenvalue weighted by Crippen LogP contribution is -2.45. The van der Waals surface area contributed by atoms with E-state index < -0.39 is 17.0 Å². The van der Waals surface area contributed by atoms with Gasteiger partial charge in [-0.25, -0.2) is 8.78 Å². The number of methoxy groups -OCH3 is 1. The molecule has 3 heterocycles. The van der Waals surface area contributed by atoms with Gasteiger partial charge in [0.2, 0.25) is 5.91 Å². The van der Waals surface area contributed by atoms with Crippen molar-refractivity contribution in [3.63, 3.8) is 0 Å². The predicted octanol–water partition coefficient (Wildman–Crippen LogP) is 5.05. The van der Waals surface area contributed by atoms with Gasteiger partial charge in [0.1, 0.15) is 5.69 Å². The number of ether oxygens (including phenoxy) is 1. The molecule has 214 valence electrons. The van der Waals surface area contributed by atoms with Crippen molar-refractivity contribution in [2.24, 2.45) is 16.6 Å². The van der Waals surface area contributed by atoms with Crippen LogP contribution in [-0.4, -0.2) is 43.8 Å². The fraction of sp³-hybridized carbons (Fsp3) is 0.516. The number of allylic oxidation sites excluding steroid dienone is 2. The average molecular weight is 552 g/mol. The van der Waals surface area contributed by atoms with Crippen molar-refractivity contribution >= 4 is 23.4 Å². The van der Waals surface area contributed by atoms with Crippen LogP contribution in [0.15, 0.2) is 29.0 Å². The minimum absolute atomic E-state index is 0.0285. The SMILES string of the molecule is CCCc1cc(OC)c(F)c(N2Cc3cnc(C(C=NCCC4CCNCC4)=C(C)N)cc3C3(CC3)C2=O)c1F. The Balaban J connectivity index is 1.44. The number of hydrogen-bond donors (Lipinski definition) is 2. The summed E-state index contributed by atoms with van der Waals surface area (Å²) >= 11 is 0. The van der Waals surface area contributed by atoms with Gasteiger partial charge in [0.05, 0.1) is 24.8 Å². The number of nitrogens with two attached hydrogens (primary N) is 1. The van der Waals surface area contributed by atoms with Crippen molar-refractivity contribution in [2.75, 3.05) is 31.6 Å². The molecule has 0 radical (unpaired) electrons. The molecule has 1 spiro atoms. The number of aryl methyl sites for hydroxylation is 1. The molecule has 1 saturated carbocycles. The van der Waals surface area contributed by atoms with Crippen LogP contribution in [0.4, 0.5) is 14.5 Å². The highest BCUT2D eigenvalue weighted by molar-refractivity contribution is 6.10. The Morgan fingerprint density at radius 1 is 1.27 bits per heavy atom. The molecule has 7 nitrogen and oxygen atoms in total. The van der Waals surface area contributed by atoms with E-state index in [0.717, 1.165) is 42.8 Å². The maximum Gasteiger partial charge on any atom is 0.238 e. The summed E-state index contributed by atoms with van der Waals surface area (Å²) in [7, 11) is 1.35. The summed E-state index contributed by atoms with van der Waals surface area (Å²) in [6.45, 7) is 6.62. The maximum atomic E-state index is 15.6.